The molecule has 3 rings (SSSR count). The monoisotopic (exact) mass is 350 g/mol. The smallest absolute Gasteiger partial charge is 0.263 e. The van der Waals surface area contributed by atoms with Gasteiger partial charge < -0.3 is 0 Å². The third-order valence-electron chi connectivity index (χ3n) is 3.64. The van der Waals surface area contributed by atoms with Gasteiger partial charge in [0.2, 0.25) is 0 Å². The Kier molecular flexibility index (Phi) is 4.10. The van der Waals surface area contributed by atoms with Gasteiger partial charge in [0.05, 0.1) is 0 Å². The Labute approximate surface area is 137 Å². The number of benzene rings is 3. The van der Waals surface area contributed by atoms with Gasteiger partial charge in [-0.2, -0.15) is 12.0 Å². The minimum Gasteiger partial charge on any atom is -0.263 e. The molecule has 0 aromatic heterocycles. The molecule has 0 bridgehead atoms. The molecule has 0 aliphatic carbocycles. The summed E-state index contributed by atoms with van der Waals surface area (Å²) in [5.74, 6) is 0.439. The maximum absolute atomic E-state index is 11.1. The van der Waals surface area contributed by atoms with Gasteiger partial charge in [-0.1, -0.05) is 48.5 Å². The molecule has 4 nitrogen and oxygen atoms in total. The van der Waals surface area contributed by atoms with E-state index in [0.717, 1.165) is 27.1 Å². The van der Waals surface area contributed by atoms with Crippen LogP contribution in [-0.2, 0) is 19.8 Å². The molecular weight excluding hydrogens is 332 g/mol. The lowest BCUT2D eigenvalue weighted by atomic mass is 9.98. The number of hydrogen-bond donors (Lipinski definition) is 1. The van der Waals surface area contributed by atoms with E-state index >= 15 is 0 Å². The van der Waals surface area contributed by atoms with Crippen LogP contribution in [0.5, 0.6) is 0 Å². The molecule has 1 N–H and O–H groups in total. The molecule has 122 valence electrons. The summed E-state index contributed by atoms with van der Waals surface area (Å²) in [4.78, 5) is 0. The van der Waals surface area contributed by atoms with Gasteiger partial charge >= 0.3 is 10.4 Å². The van der Waals surface area contributed by atoms with E-state index in [-0.39, 0.29) is 0 Å². The Bertz CT molecular complexity index is 924. The summed E-state index contributed by atoms with van der Waals surface area (Å²) in [6.07, 6.45) is 3.47. The van der Waals surface area contributed by atoms with Crippen LogP contribution in [-0.4, -0.2) is 25.5 Å². The van der Waals surface area contributed by atoms with Crippen molar-refractivity contribution in [2.24, 2.45) is 0 Å². The molecule has 0 amide bonds. The second-order valence-corrected chi connectivity index (χ2v) is 10.4. The summed E-state index contributed by atoms with van der Waals surface area (Å²) in [7, 11) is -6.48. The van der Waals surface area contributed by atoms with Crippen molar-refractivity contribution in [3.8, 4) is 0 Å². The van der Waals surface area contributed by atoms with E-state index in [1.807, 2.05) is 48.5 Å². The summed E-state index contributed by atoms with van der Waals surface area (Å²) in [6, 6.07) is 18.1. The molecule has 6 heteroatoms. The van der Waals surface area contributed by atoms with Crippen molar-refractivity contribution < 1.29 is 16.6 Å². The highest BCUT2D eigenvalue weighted by atomic mass is 32.3. The highest BCUT2D eigenvalue weighted by Crippen LogP contribution is 2.48. The van der Waals surface area contributed by atoms with E-state index in [4.69, 9.17) is 8.18 Å². The van der Waals surface area contributed by atoms with E-state index < -0.39 is 20.7 Å². The summed E-state index contributed by atoms with van der Waals surface area (Å²) < 4.78 is 36.2. The van der Waals surface area contributed by atoms with Crippen molar-refractivity contribution in [1.29, 1.82) is 0 Å². The molecular formula is C17H18O4S2. The standard InChI is InChI=1S/C17H18O4S2/c1-22(2,21-23(18,19)20)12-17-15-9-5-3-7-13(15)11-14-8-4-6-10-16(14)17/h3-11H,12H2,1-2H3,(H,18,19,20). The van der Waals surface area contributed by atoms with E-state index in [1.54, 1.807) is 12.5 Å². The fourth-order valence-electron chi connectivity index (χ4n) is 2.87. The van der Waals surface area contributed by atoms with E-state index in [1.165, 1.54) is 0 Å². The Morgan fingerprint density at radius 3 is 1.87 bits per heavy atom. The maximum Gasteiger partial charge on any atom is 0.406 e. The third kappa shape index (κ3) is 3.67. The van der Waals surface area contributed by atoms with E-state index in [9.17, 15) is 8.42 Å². The van der Waals surface area contributed by atoms with Crippen molar-refractivity contribution in [1.82, 2.24) is 0 Å². The highest BCUT2D eigenvalue weighted by Gasteiger charge is 2.23. The maximum atomic E-state index is 11.1. The first-order valence-corrected chi connectivity index (χ1v) is 10.9. The van der Waals surface area contributed by atoms with Crippen molar-refractivity contribution in [3.63, 3.8) is 0 Å². The topological polar surface area (TPSA) is 63.6 Å². The minimum atomic E-state index is -4.47. The predicted octanol–water partition coefficient (Wildman–Crippen LogP) is 4.29. The van der Waals surface area contributed by atoms with Crippen LogP contribution in [0.15, 0.2) is 54.6 Å². The fourth-order valence-corrected chi connectivity index (χ4v) is 5.93. The zero-order valence-corrected chi connectivity index (χ0v) is 14.5. The van der Waals surface area contributed by atoms with Crippen LogP contribution >= 0.6 is 10.3 Å². The SMILES string of the molecule is CS(C)(Cc1c2ccccc2cc2ccccc12)OS(=O)(=O)O. The van der Waals surface area contributed by atoms with Crippen LogP contribution in [0.25, 0.3) is 21.5 Å². The van der Waals surface area contributed by atoms with Gasteiger partial charge in [0.1, 0.15) is 0 Å². The lowest BCUT2D eigenvalue weighted by molar-refractivity contribution is 0.403. The zero-order chi connectivity index (χ0) is 16.7. The molecule has 0 atom stereocenters. The Balaban J connectivity index is 2.21. The number of rotatable bonds is 4. The van der Waals surface area contributed by atoms with Gasteiger partial charge in [0.25, 0.3) is 0 Å². The first kappa shape index (κ1) is 16.3. The number of fused-ring (bicyclic) bond motifs is 2. The van der Waals surface area contributed by atoms with Crippen molar-refractivity contribution >= 4 is 42.3 Å². The quantitative estimate of drug-likeness (QED) is 0.563. The van der Waals surface area contributed by atoms with Crippen LogP contribution in [0.2, 0.25) is 0 Å². The second kappa shape index (κ2) is 5.79. The first-order valence-electron chi connectivity index (χ1n) is 7.04. The van der Waals surface area contributed by atoms with Crippen molar-refractivity contribution in [2.75, 3.05) is 12.5 Å². The fraction of sp³-hybridized carbons (Fsp3) is 0.176. The Morgan fingerprint density at radius 2 is 1.39 bits per heavy atom. The normalized spacial score (nSPS) is 13.5. The van der Waals surface area contributed by atoms with Crippen molar-refractivity contribution in [3.05, 3.63) is 60.2 Å². The van der Waals surface area contributed by atoms with Crippen molar-refractivity contribution in [2.45, 2.75) is 5.75 Å². The molecule has 3 aromatic rings. The zero-order valence-electron chi connectivity index (χ0n) is 12.9. The third-order valence-corrected chi connectivity index (χ3v) is 6.79. The molecule has 0 saturated heterocycles. The van der Waals surface area contributed by atoms with Crippen LogP contribution < -0.4 is 0 Å². The van der Waals surface area contributed by atoms with Gasteiger partial charge in [-0.05, 0) is 45.7 Å². The summed E-state index contributed by atoms with van der Waals surface area (Å²) >= 11 is 0. The number of hydrogen-bond acceptors (Lipinski definition) is 3. The van der Waals surface area contributed by atoms with Gasteiger partial charge in [-0.25, -0.2) is 0 Å². The van der Waals surface area contributed by atoms with Gasteiger partial charge in [-0.15, -0.1) is 10.3 Å². The van der Waals surface area contributed by atoms with Gasteiger partial charge in [-0.3, -0.25) is 4.55 Å². The lowest BCUT2D eigenvalue weighted by Crippen LogP contribution is -2.11. The molecule has 3 aromatic carbocycles. The molecule has 0 fully saturated rings. The average Bonchev–Trinajstić information content (AvgIpc) is 2.44. The average molecular weight is 350 g/mol. The van der Waals surface area contributed by atoms with E-state index in [2.05, 4.69) is 6.07 Å². The van der Waals surface area contributed by atoms with Crippen LogP contribution in [0.1, 0.15) is 5.56 Å². The van der Waals surface area contributed by atoms with Crippen LogP contribution in [0, 0.1) is 0 Å². The van der Waals surface area contributed by atoms with Gasteiger partial charge in [0, 0.05) is 5.75 Å². The molecule has 0 radical (unpaired) electrons. The lowest BCUT2D eigenvalue weighted by Gasteiger charge is -2.29. The van der Waals surface area contributed by atoms with Crippen LogP contribution in [0.3, 0.4) is 0 Å². The largest absolute Gasteiger partial charge is 0.406 e. The Morgan fingerprint density at radius 1 is 0.913 bits per heavy atom. The van der Waals surface area contributed by atoms with E-state index in [0.29, 0.717) is 5.75 Å². The molecule has 0 spiro atoms. The predicted molar refractivity (Wildman–Crippen MR) is 97.2 cm³/mol. The molecule has 0 saturated carbocycles. The Hall–Kier alpha value is -1.60. The van der Waals surface area contributed by atoms with Crippen LogP contribution in [0.4, 0.5) is 0 Å². The summed E-state index contributed by atoms with van der Waals surface area (Å²) in [5.41, 5.74) is 1.04. The molecule has 0 aliphatic rings. The second-order valence-electron chi connectivity index (χ2n) is 5.87. The molecule has 0 heterocycles. The molecule has 0 unspecified atom stereocenters. The molecule has 23 heavy (non-hydrogen) atoms. The highest BCUT2D eigenvalue weighted by molar-refractivity contribution is 8.31. The summed E-state index contributed by atoms with van der Waals surface area (Å²) in [5, 5.41) is 4.35. The van der Waals surface area contributed by atoms with Gasteiger partial charge in [0.15, 0.2) is 0 Å². The first-order chi connectivity index (χ1) is 10.8. The molecule has 0 aliphatic heterocycles. The summed E-state index contributed by atoms with van der Waals surface area (Å²) in [6.45, 7) is 0. The minimum absolute atomic E-state index is 0.439.